The summed E-state index contributed by atoms with van der Waals surface area (Å²) in [6, 6.07) is 0.365. The van der Waals surface area contributed by atoms with Crippen LogP contribution in [0.15, 0.2) is 0 Å². The van der Waals surface area contributed by atoms with Crippen LogP contribution in [0.25, 0.3) is 0 Å². The van der Waals surface area contributed by atoms with Crippen LogP contribution in [0.2, 0.25) is 0 Å². The van der Waals surface area contributed by atoms with E-state index < -0.39 is 5.97 Å². The second-order valence-electron chi connectivity index (χ2n) is 5.31. The first-order valence-electron chi connectivity index (χ1n) is 7.45. The van der Waals surface area contributed by atoms with Crippen molar-refractivity contribution in [2.45, 2.75) is 39.2 Å². The minimum Gasteiger partial charge on any atom is -0.481 e. The summed E-state index contributed by atoms with van der Waals surface area (Å²) >= 11 is 0. The topological polar surface area (TPSA) is 64.1 Å². The molecule has 1 heterocycles. The number of carboxylic acid groups (broad SMARTS) is 1. The molecule has 1 fully saturated rings. The maximum absolute atomic E-state index is 12.3. The summed E-state index contributed by atoms with van der Waals surface area (Å²) in [4.78, 5) is 28.6. The van der Waals surface area contributed by atoms with Gasteiger partial charge in [0.2, 0.25) is 0 Å². The van der Waals surface area contributed by atoms with E-state index in [-0.39, 0.29) is 19.0 Å². The summed E-state index contributed by atoms with van der Waals surface area (Å²) in [6.07, 6.45) is 2.32. The van der Waals surface area contributed by atoms with E-state index in [1.54, 1.807) is 16.8 Å². The van der Waals surface area contributed by atoms with Gasteiger partial charge < -0.3 is 14.9 Å². The van der Waals surface area contributed by atoms with Crippen molar-refractivity contribution in [3.63, 3.8) is 0 Å². The van der Waals surface area contributed by atoms with Gasteiger partial charge in [0.1, 0.15) is 0 Å². The fourth-order valence-corrected chi connectivity index (χ4v) is 2.77. The number of aliphatic carboxylic acids is 1. The Labute approximate surface area is 121 Å². The van der Waals surface area contributed by atoms with Crippen LogP contribution in [-0.2, 0) is 4.79 Å². The number of amides is 2. The number of likely N-dealkylation sites (N-methyl/N-ethyl adjacent to an activating group) is 2. The summed E-state index contributed by atoms with van der Waals surface area (Å²) in [5.41, 5.74) is 0. The smallest absolute Gasteiger partial charge is 0.319 e. The van der Waals surface area contributed by atoms with E-state index in [1.807, 2.05) is 6.92 Å². The largest absolute Gasteiger partial charge is 0.481 e. The highest BCUT2D eigenvalue weighted by Crippen LogP contribution is 2.17. The fourth-order valence-electron chi connectivity index (χ4n) is 2.77. The molecule has 0 aromatic carbocycles. The molecule has 1 unspecified atom stereocenters. The molecule has 1 N–H and O–H groups in total. The lowest BCUT2D eigenvalue weighted by molar-refractivity contribution is -0.137. The number of carbonyl (C=O) groups is 2. The number of hydrogen-bond donors (Lipinski definition) is 1. The highest BCUT2D eigenvalue weighted by Gasteiger charge is 2.27. The molecule has 0 spiro atoms. The Morgan fingerprint density at radius 1 is 1.35 bits per heavy atom. The maximum atomic E-state index is 12.3. The van der Waals surface area contributed by atoms with Crippen LogP contribution in [0, 0.1) is 0 Å². The first kappa shape index (κ1) is 16.8. The average molecular weight is 285 g/mol. The van der Waals surface area contributed by atoms with Crippen molar-refractivity contribution in [2.24, 2.45) is 0 Å². The van der Waals surface area contributed by atoms with Crippen LogP contribution in [-0.4, -0.2) is 77.6 Å². The van der Waals surface area contributed by atoms with Gasteiger partial charge in [0.15, 0.2) is 0 Å². The number of carbonyl (C=O) groups excluding carboxylic acids is 1. The molecule has 0 aromatic rings. The van der Waals surface area contributed by atoms with Gasteiger partial charge in [0, 0.05) is 32.7 Å². The minimum absolute atomic E-state index is 0.00205. The Kier molecular flexibility index (Phi) is 6.78. The van der Waals surface area contributed by atoms with Crippen molar-refractivity contribution < 1.29 is 14.7 Å². The van der Waals surface area contributed by atoms with Gasteiger partial charge in [-0.15, -0.1) is 0 Å². The lowest BCUT2D eigenvalue weighted by atomic mass is 10.2. The predicted octanol–water partition coefficient (Wildman–Crippen LogP) is 1.32. The molecule has 1 aliphatic heterocycles. The summed E-state index contributed by atoms with van der Waals surface area (Å²) in [5.74, 6) is -0.869. The summed E-state index contributed by atoms with van der Waals surface area (Å²) in [7, 11) is 1.80. The molecule has 6 heteroatoms. The van der Waals surface area contributed by atoms with Crippen molar-refractivity contribution in [1.29, 1.82) is 0 Å². The molecule has 0 aliphatic carbocycles. The molecule has 116 valence electrons. The molecule has 0 aromatic heterocycles. The third kappa shape index (κ3) is 4.67. The molecule has 1 aliphatic rings. The first-order chi connectivity index (χ1) is 9.49. The number of carboxylic acids is 1. The van der Waals surface area contributed by atoms with E-state index in [2.05, 4.69) is 11.8 Å². The summed E-state index contributed by atoms with van der Waals surface area (Å²) in [5, 5.41) is 8.72. The van der Waals surface area contributed by atoms with E-state index in [0.717, 1.165) is 26.1 Å². The van der Waals surface area contributed by atoms with Crippen LogP contribution in [0.3, 0.4) is 0 Å². The minimum atomic E-state index is -0.869. The normalized spacial score (nSPS) is 19.1. The number of likely N-dealkylation sites (tertiary alicyclic amines) is 1. The lowest BCUT2D eigenvalue weighted by Crippen LogP contribution is -2.47. The Morgan fingerprint density at radius 3 is 2.60 bits per heavy atom. The highest BCUT2D eigenvalue weighted by atomic mass is 16.4. The van der Waals surface area contributed by atoms with Crippen molar-refractivity contribution in [2.75, 3.05) is 39.8 Å². The number of nitrogens with zero attached hydrogens (tertiary/aromatic N) is 3. The fraction of sp³-hybridized carbons (Fsp3) is 0.857. The number of hydrogen-bond acceptors (Lipinski definition) is 3. The Bertz CT molecular complexity index is 336. The van der Waals surface area contributed by atoms with E-state index in [1.165, 1.54) is 6.42 Å². The zero-order valence-corrected chi connectivity index (χ0v) is 12.8. The van der Waals surface area contributed by atoms with Crippen LogP contribution in [0.1, 0.15) is 33.1 Å². The predicted molar refractivity (Wildman–Crippen MR) is 77.8 cm³/mol. The third-order valence-electron chi connectivity index (χ3n) is 3.96. The van der Waals surface area contributed by atoms with Crippen molar-refractivity contribution in [1.82, 2.24) is 14.7 Å². The third-order valence-corrected chi connectivity index (χ3v) is 3.96. The highest BCUT2D eigenvalue weighted by molar-refractivity contribution is 5.75. The van der Waals surface area contributed by atoms with Crippen LogP contribution < -0.4 is 0 Å². The molecular weight excluding hydrogens is 258 g/mol. The Morgan fingerprint density at radius 2 is 2.05 bits per heavy atom. The van der Waals surface area contributed by atoms with E-state index >= 15 is 0 Å². The molecule has 20 heavy (non-hydrogen) atoms. The van der Waals surface area contributed by atoms with Crippen LogP contribution >= 0.6 is 0 Å². The summed E-state index contributed by atoms with van der Waals surface area (Å²) in [6.45, 7) is 7.68. The van der Waals surface area contributed by atoms with E-state index in [4.69, 9.17) is 5.11 Å². The second-order valence-corrected chi connectivity index (χ2v) is 5.31. The Balaban J connectivity index is 2.49. The maximum Gasteiger partial charge on any atom is 0.319 e. The molecule has 0 radical (unpaired) electrons. The lowest BCUT2D eigenvalue weighted by Gasteiger charge is -2.31. The molecule has 1 saturated heterocycles. The van der Waals surface area contributed by atoms with Gasteiger partial charge in [-0.05, 0) is 32.9 Å². The average Bonchev–Trinajstić information content (AvgIpc) is 2.85. The van der Waals surface area contributed by atoms with Gasteiger partial charge >= 0.3 is 12.0 Å². The Hall–Kier alpha value is -1.30. The zero-order chi connectivity index (χ0) is 15.1. The van der Waals surface area contributed by atoms with Crippen molar-refractivity contribution in [3.05, 3.63) is 0 Å². The van der Waals surface area contributed by atoms with Crippen LogP contribution in [0.4, 0.5) is 4.79 Å². The van der Waals surface area contributed by atoms with Gasteiger partial charge in [-0.1, -0.05) is 6.92 Å². The number of rotatable bonds is 7. The molecule has 1 rings (SSSR count). The second kappa shape index (κ2) is 8.09. The monoisotopic (exact) mass is 285 g/mol. The van der Waals surface area contributed by atoms with Gasteiger partial charge in [0.25, 0.3) is 0 Å². The van der Waals surface area contributed by atoms with Crippen LogP contribution in [0.5, 0.6) is 0 Å². The molecule has 1 atom stereocenters. The van der Waals surface area contributed by atoms with Gasteiger partial charge in [-0.3, -0.25) is 9.69 Å². The van der Waals surface area contributed by atoms with E-state index in [9.17, 15) is 9.59 Å². The molecule has 0 saturated carbocycles. The van der Waals surface area contributed by atoms with E-state index in [0.29, 0.717) is 12.6 Å². The van der Waals surface area contributed by atoms with Gasteiger partial charge in [-0.2, -0.15) is 0 Å². The first-order valence-corrected chi connectivity index (χ1v) is 7.45. The van der Waals surface area contributed by atoms with Gasteiger partial charge in [0.05, 0.1) is 6.42 Å². The quantitative estimate of drug-likeness (QED) is 0.766. The summed E-state index contributed by atoms with van der Waals surface area (Å²) < 4.78 is 0. The molecular formula is C14H27N3O3. The molecule has 0 bridgehead atoms. The van der Waals surface area contributed by atoms with Crippen molar-refractivity contribution >= 4 is 12.0 Å². The molecule has 6 nitrogen and oxygen atoms in total. The number of urea groups is 1. The van der Waals surface area contributed by atoms with Gasteiger partial charge in [-0.25, -0.2) is 4.79 Å². The SMILES string of the molecule is CCN(CCC(=O)O)C(=O)N(C)CC1CCCN1CC. The molecule has 2 amide bonds. The zero-order valence-electron chi connectivity index (χ0n) is 12.8. The van der Waals surface area contributed by atoms with Crippen molar-refractivity contribution in [3.8, 4) is 0 Å². The standard InChI is InChI=1S/C14H27N3O3/c1-4-16-9-6-7-12(16)11-15(3)14(20)17(5-2)10-8-13(18)19/h12H,4-11H2,1-3H3,(H,18,19).